The lowest BCUT2D eigenvalue weighted by atomic mass is 9.84. The normalized spacial score (nSPS) is 47.4. The first-order valence-corrected chi connectivity index (χ1v) is 9.54. The number of hydrogen-bond donors (Lipinski definition) is 1. The van der Waals surface area contributed by atoms with Crippen LogP contribution in [-0.4, -0.2) is 36.1 Å². The maximum atomic E-state index is 3.94. The second-order valence-electron chi connectivity index (χ2n) is 9.25. The maximum Gasteiger partial charge on any atom is 0.0309 e. The van der Waals surface area contributed by atoms with E-state index >= 15 is 0 Å². The third kappa shape index (κ3) is 2.67. The van der Waals surface area contributed by atoms with E-state index in [1.807, 2.05) is 0 Å². The van der Waals surface area contributed by atoms with Crippen LogP contribution in [0.4, 0.5) is 0 Å². The summed E-state index contributed by atoms with van der Waals surface area (Å²) in [6, 6.07) is 0.760. The van der Waals surface area contributed by atoms with Crippen molar-refractivity contribution in [2.75, 3.05) is 19.6 Å². The molecular formula is C19H34N2. The molecule has 5 atom stereocenters. The van der Waals surface area contributed by atoms with Crippen molar-refractivity contribution in [2.24, 2.45) is 29.6 Å². The highest BCUT2D eigenvalue weighted by atomic mass is 15.3. The standard InChI is InChI=1S/C19H34N2/c1-13(2)18-10-20-19(3,17-6-7-17)12-21(18)11-16-9-14-4-5-15(16)8-14/h13-18,20H,4-12H2,1-3H3. The average Bonchev–Trinajstić information content (AvgIpc) is 3.11. The third-order valence-corrected chi connectivity index (χ3v) is 7.32. The van der Waals surface area contributed by atoms with Crippen LogP contribution in [0, 0.1) is 29.6 Å². The van der Waals surface area contributed by atoms with Gasteiger partial charge in [0.2, 0.25) is 0 Å². The number of nitrogens with zero attached hydrogens (tertiary/aromatic N) is 1. The van der Waals surface area contributed by atoms with Gasteiger partial charge in [0.1, 0.15) is 0 Å². The Kier molecular flexibility index (Phi) is 3.61. The first-order chi connectivity index (χ1) is 10.0. The van der Waals surface area contributed by atoms with Crippen LogP contribution in [0.3, 0.4) is 0 Å². The molecule has 1 heterocycles. The monoisotopic (exact) mass is 290 g/mol. The summed E-state index contributed by atoms with van der Waals surface area (Å²) in [5.74, 6) is 4.92. The van der Waals surface area contributed by atoms with Gasteiger partial charge in [0.15, 0.2) is 0 Å². The fraction of sp³-hybridized carbons (Fsp3) is 1.00. The molecule has 2 heteroatoms. The van der Waals surface area contributed by atoms with Crippen LogP contribution in [0.2, 0.25) is 0 Å². The van der Waals surface area contributed by atoms with Crippen LogP contribution < -0.4 is 5.32 Å². The average molecular weight is 290 g/mol. The van der Waals surface area contributed by atoms with E-state index in [-0.39, 0.29) is 0 Å². The molecule has 1 saturated heterocycles. The number of rotatable bonds is 4. The van der Waals surface area contributed by atoms with Gasteiger partial charge in [-0.15, -0.1) is 0 Å². The zero-order valence-corrected chi connectivity index (χ0v) is 14.3. The maximum absolute atomic E-state index is 3.94. The van der Waals surface area contributed by atoms with Crippen LogP contribution in [0.5, 0.6) is 0 Å². The molecule has 4 fully saturated rings. The second-order valence-corrected chi connectivity index (χ2v) is 9.25. The van der Waals surface area contributed by atoms with Gasteiger partial charge in [-0.3, -0.25) is 4.90 Å². The van der Waals surface area contributed by atoms with Crippen molar-refractivity contribution in [1.29, 1.82) is 0 Å². The Labute approximate surface area is 131 Å². The van der Waals surface area contributed by atoms with E-state index in [1.165, 1.54) is 45.3 Å². The molecule has 3 aliphatic carbocycles. The van der Waals surface area contributed by atoms with Crippen molar-refractivity contribution in [3.8, 4) is 0 Å². The SMILES string of the molecule is CC(C)C1CNC(C)(C2CC2)CN1CC1CC2CCC1C2. The molecule has 2 nitrogen and oxygen atoms in total. The Morgan fingerprint density at radius 2 is 1.95 bits per heavy atom. The molecule has 0 aromatic heterocycles. The molecule has 0 amide bonds. The van der Waals surface area contributed by atoms with E-state index in [0.717, 1.165) is 35.6 Å². The molecule has 5 unspecified atom stereocenters. The third-order valence-electron chi connectivity index (χ3n) is 7.32. The minimum Gasteiger partial charge on any atom is -0.308 e. The molecule has 1 aliphatic heterocycles. The highest BCUT2D eigenvalue weighted by Gasteiger charge is 2.48. The Balaban J connectivity index is 1.45. The molecule has 3 saturated carbocycles. The van der Waals surface area contributed by atoms with E-state index < -0.39 is 0 Å². The Bertz CT molecular complexity index is 389. The van der Waals surface area contributed by atoms with Crippen LogP contribution in [0.25, 0.3) is 0 Å². The van der Waals surface area contributed by atoms with Gasteiger partial charge in [0.25, 0.3) is 0 Å². The molecule has 4 rings (SSSR count). The lowest BCUT2D eigenvalue weighted by molar-refractivity contribution is 0.0326. The lowest BCUT2D eigenvalue weighted by Crippen LogP contribution is -2.65. The van der Waals surface area contributed by atoms with Crippen LogP contribution >= 0.6 is 0 Å². The molecule has 2 bridgehead atoms. The summed E-state index contributed by atoms with van der Waals surface area (Å²) in [5, 5.41) is 3.94. The number of hydrogen-bond acceptors (Lipinski definition) is 2. The second kappa shape index (κ2) is 5.23. The molecule has 0 spiro atoms. The van der Waals surface area contributed by atoms with E-state index in [1.54, 1.807) is 12.8 Å². The summed E-state index contributed by atoms with van der Waals surface area (Å²) >= 11 is 0. The topological polar surface area (TPSA) is 15.3 Å². The van der Waals surface area contributed by atoms with Crippen molar-refractivity contribution in [3.63, 3.8) is 0 Å². The quantitative estimate of drug-likeness (QED) is 0.852. The highest BCUT2D eigenvalue weighted by Crippen LogP contribution is 2.49. The van der Waals surface area contributed by atoms with Crippen molar-refractivity contribution < 1.29 is 0 Å². The Morgan fingerprint density at radius 3 is 2.52 bits per heavy atom. The number of nitrogens with one attached hydrogen (secondary N) is 1. The smallest absolute Gasteiger partial charge is 0.0309 e. The fourth-order valence-electron chi connectivity index (χ4n) is 5.81. The predicted molar refractivity (Wildman–Crippen MR) is 88.3 cm³/mol. The summed E-state index contributed by atoms with van der Waals surface area (Å²) < 4.78 is 0. The van der Waals surface area contributed by atoms with Crippen LogP contribution in [0.15, 0.2) is 0 Å². The first kappa shape index (κ1) is 14.5. The van der Waals surface area contributed by atoms with Crippen LogP contribution in [0.1, 0.15) is 59.3 Å². The predicted octanol–water partition coefficient (Wildman–Crippen LogP) is 3.52. The Morgan fingerprint density at radius 1 is 1.14 bits per heavy atom. The minimum atomic E-state index is 0.406. The summed E-state index contributed by atoms with van der Waals surface area (Å²) in [6.45, 7) is 11.2. The minimum absolute atomic E-state index is 0.406. The van der Waals surface area contributed by atoms with Crippen molar-refractivity contribution >= 4 is 0 Å². The summed E-state index contributed by atoms with van der Waals surface area (Å²) in [6.07, 6.45) is 9.09. The van der Waals surface area contributed by atoms with Crippen LogP contribution in [-0.2, 0) is 0 Å². The van der Waals surface area contributed by atoms with Crippen molar-refractivity contribution in [2.45, 2.75) is 70.9 Å². The molecule has 0 aromatic rings. The fourth-order valence-corrected chi connectivity index (χ4v) is 5.81. The van der Waals surface area contributed by atoms with Gasteiger partial charge in [-0.25, -0.2) is 0 Å². The summed E-state index contributed by atoms with van der Waals surface area (Å²) in [5.41, 5.74) is 0.406. The zero-order valence-electron chi connectivity index (χ0n) is 14.3. The lowest BCUT2D eigenvalue weighted by Gasteiger charge is -2.49. The van der Waals surface area contributed by atoms with Gasteiger partial charge in [-0.2, -0.15) is 0 Å². The first-order valence-electron chi connectivity index (χ1n) is 9.54. The van der Waals surface area contributed by atoms with E-state index in [9.17, 15) is 0 Å². The van der Waals surface area contributed by atoms with E-state index in [2.05, 4.69) is 31.0 Å². The molecule has 21 heavy (non-hydrogen) atoms. The van der Waals surface area contributed by atoms with Gasteiger partial charge in [0.05, 0.1) is 0 Å². The molecular weight excluding hydrogens is 256 g/mol. The molecule has 1 N–H and O–H groups in total. The number of piperazine rings is 1. The largest absolute Gasteiger partial charge is 0.308 e. The van der Waals surface area contributed by atoms with Crippen molar-refractivity contribution in [1.82, 2.24) is 10.2 Å². The molecule has 4 aliphatic rings. The van der Waals surface area contributed by atoms with Gasteiger partial charge >= 0.3 is 0 Å². The van der Waals surface area contributed by atoms with E-state index in [4.69, 9.17) is 0 Å². The summed E-state index contributed by atoms with van der Waals surface area (Å²) in [4.78, 5) is 2.91. The molecule has 120 valence electrons. The van der Waals surface area contributed by atoms with Gasteiger partial charge in [0, 0.05) is 31.2 Å². The Hall–Kier alpha value is -0.0800. The number of fused-ring (bicyclic) bond motifs is 2. The zero-order chi connectivity index (χ0) is 14.6. The highest BCUT2D eigenvalue weighted by molar-refractivity contribution is 5.05. The summed E-state index contributed by atoms with van der Waals surface area (Å²) in [7, 11) is 0. The van der Waals surface area contributed by atoms with Gasteiger partial charge in [-0.1, -0.05) is 20.3 Å². The molecule has 0 aromatic carbocycles. The van der Waals surface area contributed by atoms with Crippen molar-refractivity contribution in [3.05, 3.63) is 0 Å². The van der Waals surface area contributed by atoms with Gasteiger partial charge < -0.3 is 5.32 Å². The molecule has 0 radical (unpaired) electrons. The van der Waals surface area contributed by atoms with Gasteiger partial charge in [-0.05, 0) is 68.6 Å². The van der Waals surface area contributed by atoms with E-state index in [0.29, 0.717) is 5.54 Å².